The van der Waals surface area contributed by atoms with Crippen LogP contribution in [0.15, 0.2) is 45.7 Å². The number of aromatic carboxylic acids is 1. The van der Waals surface area contributed by atoms with E-state index in [9.17, 15) is 14.0 Å². The summed E-state index contributed by atoms with van der Waals surface area (Å²) < 4.78 is 15.7. The quantitative estimate of drug-likeness (QED) is 0.746. The number of rotatable bonds is 2. The number of carboxylic acids is 1. The molecule has 2 N–H and O–H groups in total. The zero-order valence-electron chi connectivity index (χ0n) is 10.4. The normalized spacial score (nSPS) is 11.0. The van der Waals surface area contributed by atoms with Crippen LogP contribution < -0.4 is 5.69 Å². The minimum Gasteiger partial charge on any atom is -0.478 e. The molecule has 106 valence electrons. The number of hydrogen-bond donors (Lipinski definition) is 2. The van der Waals surface area contributed by atoms with Crippen molar-refractivity contribution in [2.24, 2.45) is 0 Å². The number of halogens is 2. The van der Waals surface area contributed by atoms with E-state index in [0.29, 0.717) is 15.5 Å². The second kappa shape index (κ2) is 4.85. The van der Waals surface area contributed by atoms with Gasteiger partial charge < -0.3 is 10.1 Å². The van der Waals surface area contributed by atoms with Gasteiger partial charge in [-0.05, 0) is 36.4 Å². The highest BCUT2D eigenvalue weighted by Crippen LogP contribution is 2.22. The maximum atomic E-state index is 14.0. The molecule has 5 nitrogen and oxygen atoms in total. The molecule has 3 rings (SSSR count). The lowest BCUT2D eigenvalue weighted by Gasteiger charge is -2.06. The summed E-state index contributed by atoms with van der Waals surface area (Å²) in [6.07, 6.45) is 0. The zero-order valence-corrected chi connectivity index (χ0v) is 12.0. The number of aromatic nitrogens is 2. The number of nitrogens with zero attached hydrogens (tertiary/aromatic N) is 1. The van der Waals surface area contributed by atoms with E-state index in [-0.39, 0.29) is 11.3 Å². The van der Waals surface area contributed by atoms with Crippen LogP contribution in [-0.2, 0) is 0 Å². The molecule has 0 amide bonds. The Kier molecular flexibility index (Phi) is 3.13. The van der Waals surface area contributed by atoms with Gasteiger partial charge in [0.1, 0.15) is 5.82 Å². The number of benzene rings is 2. The highest BCUT2D eigenvalue weighted by Gasteiger charge is 2.15. The number of fused-ring (bicyclic) bond motifs is 1. The summed E-state index contributed by atoms with van der Waals surface area (Å²) in [5.74, 6) is -1.70. The van der Waals surface area contributed by atoms with Gasteiger partial charge in [0.15, 0.2) is 0 Å². The van der Waals surface area contributed by atoms with Crippen molar-refractivity contribution in [3.05, 3.63) is 62.7 Å². The summed E-state index contributed by atoms with van der Waals surface area (Å²) in [5, 5.41) is 9.03. The predicted octanol–water partition coefficient (Wildman–Crippen LogP) is 2.92. The van der Waals surface area contributed by atoms with Crippen LogP contribution in [0.25, 0.3) is 16.7 Å². The Morgan fingerprint density at radius 1 is 1.24 bits per heavy atom. The van der Waals surface area contributed by atoms with E-state index in [0.717, 1.165) is 4.57 Å². The van der Waals surface area contributed by atoms with Gasteiger partial charge in [0, 0.05) is 4.47 Å². The van der Waals surface area contributed by atoms with Gasteiger partial charge in [-0.15, -0.1) is 0 Å². The van der Waals surface area contributed by atoms with Crippen molar-refractivity contribution in [2.75, 3.05) is 0 Å². The molecule has 0 saturated carbocycles. The van der Waals surface area contributed by atoms with Crippen molar-refractivity contribution >= 4 is 32.9 Å². The smallest absolute Gasteiger partial charge is 0.335 e. The molecule has 2 aromatic carbocycles. The van der Waals surface area contributed by atoms with Crippen LogP contribution in [0.1, 0.15) is 10.4 Å². The third-order valence-electron chi connectivity index (χ3n) is 3.08. The molecule has 21 heavy (non-hydrogen) atoms. The summed E-state index contributed by atoms with van der Waals surface area (Å²) in [7, 11) is 0. The van der Waals surface area contributed by atoms with Crippen LogP contribution in [-0.4, -0.2) is 20.6 Å². The first kappa shape index (κ1) is 13.6. The Morgan fingerprint density at radius 3 is 2.71 bits per heavy atom. The minimum absolute atomic E-state index is 0.0191. The number of H-pyrrole nitrogens is 1. The largest absolute Gasteiger partial charge is 0.478 e. The average molecular weight is 351 g/mol. The van der Waals surface area contributed by atoms with Crippen molar-refractivity contribution in [1.29, 1.82) is 0 Å². The van der Waals surface area contributed by atoms with Crippen LogP contribution in [0, 0.1) is 5.82 Å². The zero-order chi connectivity index (χ0) is 15.1. The van der Waals surface area contributed by atoms with Gasteiger partial charge >= 0.3 is 11.7 Å². The topological polar surface area (TPSA) is 75.1 Å². The first-order chi connectivity index (χ1) is 9.97. The van der Waals surface area contributed by atoms with E-state index in [1.807, 2.05) is 0 Å². The maximum absolute atomic E-state index is 14.0. The SMILES string of the molecule is O=C(O)c1ccc2[nH]c(=O)n(-c3cc(Br)ccc3F)c2c1. The van der Waals surface area contributed by atoms with E-state index >= 15 is 0 Å². The lowest BCUT2D eigenvalue weighted by atomic mass is 10.2. The molecule has 0 spiro atoms. The Balaban J connectivity index is 2.38. The third kappa shape index (κ3) is 2.25. The van der Waals surface area contributed by atoms with Gasteiger partial charge in [-0.3, -0.25) is 4.57 Å². The van der Waals surface area contributed by atoms with Gasteiger partial charge in [-0.2, -0.15) is 0 Å². The highest BCUT2D eigenvalue weighted by atomic mass is 79.9. The third-order valence-corrected chi connectivity index (χ3v) is 3.57. The van der Waals surface area contributed by atoms with Gasteiger partial charge in [0.25, 0.3) is 0 Å². The van der Waals surface area contributed by atoms with Crippen LogP contribution in [0.3, 0.4) is 0 Å². The van der Waals surface area contributed by atoms with Crippen LogP contribution >= 0.6 is 15.9 Å². The summed E-state index contributed by atoms with van der Waals surface area (Å²) in [6, 6.07) is 8.38. The fraction of sp³-hybridized carbons (Fsp3) is 0. The molecule has 0 aliphatic rings. The monoisotopic (exact) mass is 350 g/mol. The first-order valence-corrected chi connectivity index (χ1v) is 6.70. The van der Waals surface area contributed by atoms with Crippen molar-refractivity contribution < 1.29 is 14.3 Å². The van der Waals surface area contributed by atoms with Gasteiger partial charge in [-0.25, -0.2) is 14.0 Å². The van der Waals surface area contributed by atoms with Gasteiger partial charge in [-0.1, -0.05) is 15.9 Å². The summed E-state index contributed by atoms with van der Waals surface area (Å²) in [4.78, 5) is 25.7. The second-order valence-corrected chi connectivity index (χ2v) is 5.31. The van der Waals surface area contributed by atoms with E-state index < -0.39 is 17.5 Å². The molecule has 0 radical (unpaired) electrons. The standard InChI is InChI=1S/C14H8BrFN2O3/c15-8-2-3-9(16)11(6-8)18-12-5-7(13(19)20)1-4-10(12)17-14(18)21/h1-6H,(H,17,21)(H,19,20). The number of carbonyl (C=O) groups is 1. The van der Waals surface area contributed by atoms with Gasteiger partial charge in [0.2, 0.25) is 0 Å². The fourth-order valence-corrected chi connectivity index (χ4v) is 2.48. The molecule has 1 aromatic heterocycles. The molecule has 0 fully saturated rings. The van der Waals surface area contributed by atoms with Gasteiger partial charge in [0.05, 0.1) is 22.3 Å². The Bertz CT molecular complexity index is 930. The van der Waals surface area contributed by atoms with Crippen molar-refractivity contribution in [3.8, 4) is 5.69 Å². The summed E-state index contributed by atoms with van der Waals surface area (Å²) in [6.45, 7) is 0. The highest BCUT2D eigenvalue weighted by molar-refractivity contribution is 9.10. The predicted molar refractivity (Wildman–Crippen MR) is 78.5 cm³/mol. The molecule has 7 heteroatoms. The molecular weight excluding hydrogens is 343 g/mol. The molecule has 0 unspecified atom stereocenters. The summed E-state index contributed by atoms with van der Waals surface area (Å²) >= 11 is 3.22. The number of nitrogens with one attached hydrogen (secondary N) is 1. The number of carboxylic acid groups (broad SMARTS) is 1. The molecule has 0 aliphatic heterocycles. The average Bonchev–Trinajstić information content (AvgIpc) is 2.76. The van der Waals surface area contributed by atoms with Crippen LogP contribution in [0.5, 0.6) is 0 Å². The lowest BCUT2D eigenvalue weighted by molar-refractivity contribution is 0.0697. The van der Waals surface area contributed by atoms with Crippen LogP contribution in [0.4, 0.5) is 4.39 Å². The van der Waals surface area contributed by atoms with E-state index in [4.69, 9.17) is 5.11 Å². The fourth-order valence-electron chi connectivity index (χ4n) is 2.13. The molecule has 3 aromatic rings. The van der Waals surface area contributed by atoms with E-state index in [1.165, 1.54) is 36.4 Å². The van der Waals surface area contributed by atoms with E-state index in [1.54, 1.807) is 0 Å². The summed E-state index contributed by atoms with van der Waals surface area (Å²) in [5.41, 5.74) is 0.264. The first-order valence-electron chi connectivity index (χ1n) is 5.91. The molecule has 1 heterocycles. The Morgan fingerprint density at radius 2 is 2.00 bits per heavy atom. The van der Waals surface area contributed by atoms with Crippen LogP contribution in [0.2, 0.25) is 0 Å². The van der Waals surface area contributed by atoms with Crippen molar-refractivity contribution in [1.82, 2.24) is 9.55 Å². The number of aromatic amines is 1. The van der Waals surface area contributed by atoms with Crippen molar-refractivity contribution in [3.63, 3.8) is 0 Å². The van der Waals surface area contributed by atoms with E-state index in [2.05, 4.69) is 20.9 Å². The van der Waals surface area contributed by atoms with Crippen molar-refractivity contribution in [2.45, 2.75) is 0 Å². The number of hydrogen-bond acceptors (Lipinski definition) is 2. The molecule has 0 saturated heterocycles. The minimum atomic E-state index is -1.12. The second-order valence-electron chi connectivity index (χ2n) is 4.40. The maximum Gasteiger partial charge on any atom is 0.335 e. The molecule has 0 atom stereocenters. The number of imidazole rings is 1. The Hall–Kier alpha value is -2.41. The Labute approximate surface area is 125 Å². The molecule has 0 aliphatic carbocycles. The molecule has 0 bridgehead atoms. The lowest BCUT2D eigenvalue weighted by Crippen LogP contribution is -2.16. The molecular formula is C14H8BrFN2O3.